The van der Waals surface area contributed by atoms with Gasteiger partial charge >= 0.3 is 0 Å². The first-order valence-corrected chi connectivity index (χ1v) is 8.58. The van der Waals surface area contributed by atoms with Crippen LogP contribution >= 0.6 is 0 Å². The van der Waals surface area contributed by atoms with Crippen LogP contribution in [0.1, 0.15) is 56.9 Å². The van der Waals surface area contributed by atoms with Crippen LogP contribution in [0.5, 0.6) is 0 Å². The molecular weight excluding hydrogens is 290 g/mol. The highest BCUT2D eigenvalue weighted by atomic mass is 16.6. The summed E-state index contributed by atoms with van der Waals surface area (Å²) >= 11 is 0. The fraction of sp³-hybridized carbons (Fsp3) is 0.684. The van der Waals surface area contributed by atoms with Gasteiger partial charge in [-0.25, -0.2) is 0 Å². The topological polar surface area (TPSA) is 41.9 Å². The second-order valence-corrected chi connectivity index (χ2v) is 6.75. The average molecular weight is 321 g/mol. The molecule has 1 fully saturated rings. The number of aliphatic hydroxyl groups excluding tert-OH is 1. The predicted octanol–water partition coefficient (Wildman–Crippen LogP) is 3.81. The molecule has 1 unspecified atom stereocenters. The monoisotopic (exact) mass is 321 g/mol. The number of methoxy groups -OCH3 is 2. The first-order valence-electron chi connectivity index (χ1n) is 8.58. The zero-order valence-corrected chi connectivity index (χ0v) is 15.1. The van der Waals surface area contributed by atoms with Gasteiger partial charge in [0.15, 0.2) is 6.29 Å². The van der Waals surface area contributed by atoms with Crippen molar-refractivity contribution < 1.29 is 14.6 Å². The number of ether oxygens (including phenoxy) is 2. The molecule has 1 aromatic rings. The Hall–Kier alpha value is -1.10. The largest absolute Gasteiger partial charge is 0.379 e. The molecule has 0 aromatic heterocycles. The van der Waals surface area contributed by atoms with E-state index in [-0.39, 0.29) is 5.60 Å². The second kappa shape index (κ2) is 7.65. The van der Waals surface area contributed by atoms with Gasteiger partial charge in [0.2, 0.25) is 0 Å². The van der Waals surface area contributed by atoms with Gasteiger partial charge in [-0.15, -0.1) is 0 Å². The molecular formula is C19H31NO3. The molecule has 2 rings (SSSR count). The van der Waals surface area contributed by atoms with Crippen LogP contribution in [0.3, 0.4) is 0 Å². The number of rotatable bonds is 6. The van der Waals surface area contributed by atoms with E-state index in [0.717, 1.165) is 43.4 Å². The molecule has 0 heterocycles. The third-order valence-electron chi connectivity index (χ3n) is 5.43. The van der Waals surface area contributed by atoms with Crippen molar-refractivity contribution in [1.82, 2.24) is 0 Å². The normalized spacial score (nSPS) is 26.1. The number of anilines is 1. The molecule has 1 aliphatic carbocycles. The van der Waals surface area contributed by atoms with Crippen LogP contribution in [0.15, 0.2) is 18.2 Å². The molecule has 23 heavy (non-hydrogen) atoms. The van der Waals surface area contributed by atoms with E-state index in [1.54, 1.807) is 0 Å². The zero-order valence-electron chi connectivity index (χ0n) is 15.1. The summed E-state index contributed by atoms with van der Waals surface area (Å²) in [6.45, 7) is 7.43. The van der Waals surface area contributed by atoms with Gasteiger partial charge in [0.25, 0.3) is 0 Å². The fourth-order valence-electron chi connectivity index (χ4n) is 3.70. The zero-order chi connectivity index (χ0) is 17.0. The van der Waals surface area contributed by atoms with Crippen LogP contribution in [-0.2, 0) is 9.47 Å². The van der Waals surface area contributed by atoms with E-state index >= 15 is 0 Å². The number of hydrogen-bond acceptors (Lipinski definition) is 4. The Morgan fingerprint density at radius 1 is 1.30 bits per heavy atom. The molecule has 1 aliphatic rings. The molecule has 0 radical (unpaired) electrons. The number of aliphatic hydroxyl groups is 1. The second-order valence-electron chi connectivity index (χ2n) is 6.75. The summed E-state index contributed by atoms with van der Waals surface area (Å²) in [6.07, 6.45) is 3.58. The Labute approximate surface area is 140 Å². The van der Waals surface area contributed by atoms with Gasteiger partial charge < -0.3 is 19.5 Å². The third kappa shape index (κ3) is 3.87. The molecule has 130 valence electrons. The minimum Gasteiger partial charge on any atom is -0.379 e. The van der Waals surface area contributed by atoms with E-state index in [0.29, 0.717) is 6.04 Å². The molecule has 1 atom stereocenters. The summed E-state index contributed by atoms with van der Waals surface area (Å²) < 4.78 is 10.8. The molecule has 1 N–H and O–H groups in total. The Kier molecular flexibility index (Phi) is 6.06. The number of nitrogens with zero attached hydrogens (tertiary/aromatic N) is 1. The Morgan fingerprint density at radius 2 is 1.96 bits per heavy atom. The summed E-state index contributed by atoms with van der Waals surface area (Å²) in [7, 11) is 3.35. The molecule has 0 spiro atoms. The lowest BCUT2D eigenvalue weighted by atomic mass is 9.82. The highest BCUT2D eigenvalue weighted by Crippen LogP contribution is 2.36. The van der Waals surface area contributed by atoms with Crippen molar-refractivity contribution in [2.45, 2.75) is 64.4 Å². The minimum atomic E-state index is -0.864. The quantitative estimate of drug-likeness (QED) is 0.809. The first-order chi connectivity index (χ1) is 11.0. The molecule has 0 saturated heterocycles. The van der Waals surface area contributed by atoms with Crippen molar-refractivity contribution in [3.63, 3.8) is 0 Å². The van der Waals surface area contributed by atoms with Crippen molar-refractivity contribution >= 4 is 5.69 Å². The van der Waals surface area contributed by atoms with E-state index in [4.69, 9.17) is 9.47 Å². The Bertz CT molecular complexity index is 509. The molecule has 0 bridgehead atoms. The SMILES string of the molecule is CCN(c1cccc(C(O)OC)c1C)C1CCC(C)(OC)CC1. The summed E-state index contributed by atoms with van der Waals surface area (Å²) in [5, 5.41) is 10.0. The van der Waals surface area contributed by atoms with Crippen molar-refractivity contribution in [2.75, 3.05) is 25.7 Å². The number of hydrogen-bond donors (Lipinski definition) is 1. The standard InChI is InChI=1S/C19H31NO3/c1-6-20(15-10-12-19(3,23-5)13-11-15)17-9-7-8-16(14(17)2)18(21)22-4/h7-9,15,18,21H,6,10-13H2,1-5H3. The lowest BCUT2D eigenvalue weighted by Gasteiger charge is -2.42. The van der Waals surface area contributed by atoms with Crippen LogP contribution in [0.4, 0.5) is 5.69 Å². The average Bonchev–Trinajstić information content (AvgIpc) is 2.58. The van der Waals surface area contributed by atoms with Gasteiger partial charge in [0, 0.05) is 38.1 Å². The summed E-state index contributed by atoms with van der Waals surface area (Å²) in [5.41, 5.74) is 3.18. The molecule has 0 aliphatic heterocycles. The van der Waals surface area contributed by atoms with Crippen LogP contribution < -0.4 is 4.90 Å². The predicted molar refractivity (Wildman–Crippen MR) is 93.8 cm³/mol. The highest BCUT2D eigenvalue weighted by Gasteiger charge is 2.33. The van der Waals surface area contributed by atoms with Crippen molar-refractivity contribution in [3.05, 3.63) is 29.3 Å². The van der Waals surface area contributed by atoms with E-state index in [1.165, 1.54) is 12.8 Å². The van der Waals surface area contributed by atoms with E-state index < -0.39 is 6.29 Å². The maximum atomic E-state index is 10.0. The van der Waals surface area contributed by atoms with Crippen LogP contribution in [-0.4, -0.2) is 37.5 Å². The lowest BCUT2D eigenvalue weighted by molar-refractivity contribution is -0.0773. The minimum absolute atomic E-state index is 0.0268. The van der Waals surface area contributed by atoms with Crippen LogP contribution in [0.2, 0.25) is 0 Å². The van der Waals surface area contributed by atoms with Gasteiger partial charge in [-0.05, 0) is 58.1 Å². The summed E-state index contributed by atoms with van der Waals surface area (Å²) in [5.74, 6) is 0. The molecule has 0 amide bonds. The lowest BCUT2D eigenvalue weighted by Crippen LogP contribution is -2.43. The van der Waals surface area contributed by atoms with Gasteiger partial charge in [0.05, 0.1) is 5.60 Å². The van der Waals surface area contributed by atoms with Gasteiger partial charge in [-0.3, -0.25) is 0 Å². The van der Waals surface area contributed by atoms with Crippen molar-refractivity contribution in [3.8, 4) is 0 Å². The third-order valence-corrected chi connectivity index (χ3v) is 5.43. The van der Waals surface area contributed by atoms with Gasteiger partial charge in [-0.1, -0.05) is 12.1 Å². The van der Waals surface area contributed by atoms with Crippen molar-refractivity contribution in [1.29, 1.82) is 0 Å². The maximum Gasteiger partial charge on any atom is 0.181 e. The van der Waals surface area contributed by atoms with Crippen molar-refractivity contribution in [2.24, 2.45) is 0 Å². The molecule has 4 heteroatoms. The summed E-state index contributed by atoms with van der Waals surface area (Å²) in [6, 6.07) is 6.61. The highest BCUT2D eigenvalue weighted by molar-refractivity contribution is 5.57. The summed E-state index contributed by atoms with van der Waals surface area (Å²) in [4.78, 5) is 2.47. The van der Waals surface area contributed by atoms with Gasteiger partial charge in [-0.2, -0.15) is 0 Å². The van der Waals surface area contributed by atoms with Crippen LogP contribution in [0.25, 0.3) is 0 Å². The fourth-order valence-corrected chi connectivity index (χ4v) is 3.70. The molecule has 4 nitrogen and oxygen atoms in total. The smallest absolute Gasteiger partial charge is 0.181 e. The Balaban J connectivity index is 2.22. The van der Waals surface area contributed by atoms with E-state index in [9.17, 15) is 5.11 Å². The van der Waals surface area contributed by atoms with Crippen LogP contribution in [0, 0.1) is 6.92 Å². The number of benzene rings is 1. The van der Waals surface area contributed by atoms with Gasteiger partial charge in [0.1, 0.15) is 0 Å². The van der Waals surface area contributed by atoms with E-state index in [2.05, 4.69) is 31.7 Å². The van der Waals surface area contributed by atoms with E-state index in [1.807, 2.05) is 19.2 Å². The first kappa shape index (κ1) is 18.2. The molecule has 1 saturated carbocycles. The Morgan fingerprint density at radius 3 is 2.48 bits per heavy atom. The molecule has 1 aromatic carbocycles. The maximum absolute atomic E-state index is 10.0.